The van der Waals surface area contributed by atoms with Crippen LogP contribution < -0.4 is 9.04 Å². The second-order valence-electron chi connectivity index (χ2n) is 7.81. The van der Waals surface area contributed by atoms with Crippen LogP contribution in [0.25, 0.3) is 0 Å². The van der Waals surface area contributed by atoms with Gasteiger partial charge in [0.2, 0.25) is 0 Å². The molecule has 0 spiro atoms. The molecule has 0 fully saturated rings. The Balaban J connectivity index is 1.55. The van der Waals surface area contributed by atoms with Crippen LogP contribution in [0.2, 0.25) is 5.02 Å². The summed E-state index contributed by atoms with van der Waals surface area (Å²) in [6, 6.07) is 18.7. The minimum Gasteiger partial charge on any atom is -0.588 e. The zero-order valence-electron chi connectivity index (χ0n) is 18.1. The normalized spacial score (nSPS) is 16.3. The fraction of sp³-hybridized carbons (Fsp3) is 0.240. The molecule has 3 aromatic rings. The molecule has 0 amide bonds. The van der Waals surface area contributed by atoms with Crippen molar-refractivity contribution in [3.05, 3.63) is 82.4 Å². The van der Waals surface area contributed by atoms with E-state index in [0.29, 0.717) is 29.4 Å². The van der Waals surface area contributed by atoms with E-state index in [1.165, 1.54) is 7.11 Å². The van der Waals surface area contributed by atoms with E-state index >= 15 is 0 Å². The summed E-state index contributed by atoms with van der Waals surface area (Å²) in [6.07, 6.45) is 0.573. The maximum atomic E-state index is 13.4. The minimum absolute atomic E-state index is 0.293. The first-order valence-corrected chi connectivity index (χ1v) is 11.8. The van der Waals surface area contributed by atoms with Crippen LogP contribution in [-0.2, 0) is 27.3 Å². The first-order valence-electron chi connectivity index (χ1n) is 10.3. The van der Waals surface area contributed by atoms with Crippen LogP contribution >= 0.6 is 11.6 Å². The molecule has 0 aromatic heterocycles. The minimum atomic E-state index is -1.48. The lowest BCUT2D eigenvalue weighted by atomic mass is 9.94. The molecule has 1 aliphatic heterocycles. The summed E-state index contributed by atoms with van der Waals surface area (Å²) in [5.41, 5.74) is 3.75. The Bertz CT molecular complexity index is 1110. The number of hydrogen-bond acceptors (Lipinski definition) is 5. The second-order valence-corrected chi connectivity index (χ2v) is 9.60. The summed E-state index contributed by atoms with van der Waals surface area (Å²) in [7, 11) is 1.38. The highest BCUT2D eigenvalue weighted by molar-refractivity contribution is 7.92. The molecule has 0 saturated heterocycles. The topological polar surface area (TPSA) is 61.8 Å². The molecule has 0 saturated carbocycles. The van der Waals surface area contributed by atoms with Crippen molar-refractivity contribution in [2.45, 2.75) is 25.2 Å². The zero-order chi connectivity index (χ0) is 22.8. The average Bonchev–Trinajstić information content (AvgIpc) is 2.81. The van der Waals surface area contributed by atoms with Crippen LogP contribution in [0, 0.1) is 19.8 Å². The van der Waals surface area contributed by atoms with E-state index in [0.717, 1.165) is 27.4 Å². The van der Waals surface area contributed by atoms with Crippen LogP contribution in [0.15, 0.2) is 65.6 Å². The standard InChI is InChI=1S/C25H24ClNO4S/c1-16-12-21(13-17(2)24(16)26)31-20-8-10-22(11-9-20)32(29)27-15-19(25(28)30-3)14-18-6-4-5-7-23(18)27/h4-13,19H,14-15H2,1-3H3. The van der Waals surface area contributed by atoms with Crippen molar-refractivity contribution in [2.75, 3.05) is 18.0 Å². The molecule has 2 unspecified atom stereocenters. The number of esters is 1. The number of methoxy groups -OCH3 is 1. The third kappa shape index (κ3) is 4.58. The van der Waals surface area contributed by atoms with Gasteiger partial charge in [-0.1, -0.05) is 29.8 Å². The van der Waals surface area contributed by atoms with Crippen LogP contribution in [-0.4, -0.2) is 24.2 Å². The summed E-state index contributed by atoms with van der Waals surface area (Å²) in [6.45, 7) is 4.21. The number of rotatable bonds is 5. The van der Waals surface area contributed by atoms with Gasteiger partial charge in [0.25, 0.3) is 0 Å². The van der Waals surface area contributed by atoms with Crippen molar-refractivity contribution in [3.63, 3.8) is 0 Å². The van der Waals surface area contributed by atoms with Gasteiger partial charge >= 0.3 is 5.97 Å². The van der Waals surface area contributed by atoms with Crippen LogP contribution in [0.3, 0.4) is 0 Å². The number of fused-ring (bicyclic) bond motifs is 1. The van der Waals surface area contributed by atoms with E-state index in [1.807, 2.05) is 50.2 Å². The predicted octanol–water partition coefficient (Wildman–Crippen LogP) is 5.62. The van der Waals surface area contributed by atoms with Crippen molar-refractivity contribution in [1.82, 2.24) is 0 Å². The summed E-state index contributed by atoms with van der Waals surface area (Å²) in [5, 5.41) is 0.732. The number of nitrogens with zero attached hydrogens (tertiary/aromatic N) is 1. The van der Waals surface area contributed by atoms with Gasteiger partial charge in [0.15, 0.2) is 4.90 Å². The fourth-order valence-electron chi connectivity index (χ4n) is 3.89. The molecule has 5 nitrogen and oxygen atoms in total. The van der Waals surface area contributed by atoms with Gasteiger partial charge in [0, 0.05) is 5.02 Å². The number of benzene rings is 3. The van der Waals surface area contributed by atoms with Gasteiger partial charge in [-0.15, -0.1) is 0 Å². The highest BCUT2D eigenvalue weighted by atomic mass is 35.5. The van der Waals surface area contributed by atoms with Gasteiger partial charge in [0.05, 0.1) is 25.3 Å². The summed E-state index contributed by atoms with van der Waals surface area (Å²) in [4.78, 5) is 12.8. The highest BCUT2D eigenvalue weighted by Gasteiger charge is 2.36. The number of carbonyl (C=O) groups excluding carboxylic acids is 1. The molecule has 166 valence electrons. The number of para-hydroxylation sites is 1. The molecule has 1 aliphatic rings. The van der Waals surface area contributed by atoms with Crippen LogP contribution in [0.4, 0.5) is 5.69 Å². The van der Waals surface area contributed by atoms with Crippen molar-refractivity contribution < 1.29 is 18.8 Å². The van der Waals surface area contributed by atoms with Crippen molar-refractivity contribution in [1.29, 1.82) is 0 Å². The van der Waals surface area contributed by atoms with E-state index in [2.05, 4.69) is 0 Å². The molecule has 0 bridgehead atoms. The Kier molecular flexibility index (Phi) is 6.65. The van der Waals surface area contributed by atoms with Gasteiger partial charge in [-0.05, 0) is 79.4 Å². The van der Waals surface area contributed by atoms with E-state index < -0.39 is 11.4 Å². The second kappa shape index (κ2) is 9.45. The molecular formula is C25H24ClNO4S. The van der Waals surface area contributed by atoms with E-state index in [9.17, 15) is 9.35 Å². The maximum Gasteiger partial charge on any atom is 0.310 e. The Hall–Kier alpha value is -2.67. The lowest BCUT2D eigenvalue weighted by Crippen LogP contribution is -2.42. The Morgan fingerprint density at radius 2 is 1.72 bits per heavy atom. The number of hydrogen-bond donors (Lipinski definition) is 0. The number of carbonyl (C=O) groups is 1. The molecule has 1 heterocycles. The third-order valence-electron chi connectivity index (χ3n) is 5.52. The molecule has 7 heteroatoms. The Morgan fingerprint density at radius 1 is 1.06 bits per heavy atom. The lowest BCUT2D eigenvalue weighted by Gasteiger charge is -2.34. The monoisotopic (exact) mass is 469 g/mol. The molecule has 2 atom stereocenters. The van der Waals surface area contributed by atoms with Gasteiger partial charge in [-0.2, -0.15) is 4.31 Å². The molecular weight excluding hydrogens is 446 g/mol. The number of anilines is 1. The number of aryl methyl sites for hydroxylation is 2. The Morgan fingerprint density at radius 3 is 2.38 bits per heavy atom. The van der Waals surface area contributed by atoms with Crippen molar-refractivity contribution in [3.8, 4) is 11.5 Å². The zero-order valence-corrected chi connectivity index (χ0v) is 19.7. The van der Waals surface area contributed by atoms with Crippen molar-refractivity contribution in [2.24, 2.45) is 5.92 Å². The van der Waals surface area contributed by atoms with E-state index in [4.69, 9.17) is 21.1 Å². The van der Waals surface area contributed by atoms with E-state index in [-0.39, 0.29) is 11.9 Å². The number of halogens is 1. The molecule has 3 aromatic carbocycles. The Labute approximate surface area is 196 Å². The fourth-order valence-corrected chi connectivity index (χ4v) is 5.29. The molecule has 32 heavy (non-hydrogen) atoms. The average molecular weight is 470 g/mol. The maximum absolute atomic E-state index is 13.4. The first kappa shape index (κ1) is 22.5. The highest BCUT2D eigenvalue weighted by Crippen LogP contribution is 2.35. The summed E-state index contributed by atoms with van der Waals surface area (Å²) < 4.78 is 26.1. The molecule has 0 N–H and O–H groups in total. The SMILES string of the molecule is COC(=O)C1Cc2ccccc2N([S+]([O-])c2ccc(Oc3cc(C)c(Cl)c(C)c3)cc2)C1. The predicted molar refractivity (Wildman–Crippen MR) is 127 cm³/mol. The number of ether oxygens (including phenoxy) is 2. The van der Waals surface area contributed by atoms with Gasteiger partial charge in [0.1, 0.15) is 22.9 Å². The van der Waals surface area contributed by atoms with Crippen molar-refractivity contribution >= 4 is 34.6 Å². The van der Waals surface area contributed by atoms with Gasteiger partial charge < -0.3 is 14.0 Å². The quantitative estimate of drug-likeness (QED) is 0.358. The van der Waals surface area contributed by atoms with Crippen LogP contribution in [0.5, 0.6) is 11.5 Å². The van der Waals surface area contributed by atoms with E-state index in [1.54, 1.807) is 28.6 Å². The summed E-state index contributed by atoms with van der Waals surface area (Å²) in [5.74, 6) is 0.680. The van der Waals surface area contributed by atoms with Crippen LogP contribution in [0.1, 0.15) is 16.7 Å². The van der Waals surface area contributed by atoms with Gasteiger partial charge in [-0.25, -0.2) is 0 Å². The summed E-state index contributed by atoms with van der Waals surface area (Å²) >= 11 is 4.75. The largest absolute Gasteiger partial charge is 0.588 e. The smallest absolute Gasteiger partial charge is 0.310 e. The molecule has 0 aliphatic carbocycles. The molecule has 0 radical (unpaired) electrons. The van der Waals surface area contributed by atoms with Gasteiger partial charge in [-0.3, -0.25) is 4.79 Å². The third-order valence-corrected chi connectivity index (χ3v) is 7.54. The first-order chi connectivity index (χ1) is 15.4. The molecule has 4 rings (SSSR count). The lowest BCUT2D eigenvalue weighted by molar-refractivity contribution is -0.145.